The Bertz CT molecular complexity index is 249. The van der Waals surface area contributed by atoms with Gasteiger partial charge in [-0.1, -0.05) is 36.4 Å². The second kappa shape index (κ2) is 4.73. The van der Waals surface area contributed by atoms with Crippen molar-refractivity contribution in [2.75, 3.05) is 13.6 Å². The maximum atomic E-state index is 3.09. The molecule has 0 atom stereocenters. The lowest BCUT2D eigenvalue weighted by Gasteiger charge is -2.00. The van der Waals surface area contributed by atoms with E-state index in [4.69, 9.17) is 0 Å². The molecule has 0 spiro atoms. The molecule has 0 heterocycles. The molecule has 0 aliphatic heterocycles. The summed E-state index contributed by atoms with van der Waals surface area (Å²) in [6.07, 6.45) is 2.19. The zero-order valence-electron chi connectivity index (χ0n) is 7.67. The van der Waals surface area contributed by atoms with E-state index in [2.05, 4.69) is 42.6 Å². The van der Waals surface area contributed by atoms with Gasteiger partial charge in [-0.15, -0.1) is 0 Å². The van der Waals surface area contributed by atoms with Gasteiger partial charge in [0.2, 0.25) is 0 Å². The van der Waals surface area contributed by atoms with Gasteiger partial charge in [-0.25, -0.2) is 0 Å². The van der Waals surface area contributed by atoms with Crippen molar-refractivity contribution in [1.29, 1.82) is 0 Å². The zero-order chi connectivity index (χ0) is 8.81. The first-order valence-electron chi connectivity index (χ1n) is 4.21. The van der Waals surface area contributed by atoms with Crippen LogP contribution in [-0.4, -0.2) is 13.6 Å². The molecule has 0 fully saturated rings. The van der Waals surface area contributed by atoms with Crippen molar-refractivity contribution in [1.82, 2.24) is 5.32 Å². The molecule has 1 aromatic rings. The van der Waals surface area contributed by atoms with Crippen LogP contribution in [0, 0.1) is 0 Å². The SMILES string of the molecule is CNCC=C(C)c1ccccc1. The van der Waals surface area contributed by atoms with Gasteiger partial charge in [-0.3, -0.25) is 0 Å². The van der Waals surface area contributed by atoms with Crippen molar-refractivity contribution in [3.63, 3.8) is 0 Å². The van der Waals surface area contributed by atoms with Crippen LogP contribution in [-0.2, 0) is 0 Å². The van der Waals surface area contributed by atoms with E-state index in [0.717, 1.165) is 6.54 Å². The number of allylic oxidation sites excluding steroid dienone is 1. The van der Waals surface area contributed by atoms with Crippen LogP contribution >= 0.6 is 0 Å². The van der Waals surface area contributed by atoms with Crippen molar-refractivity contribution in [3.8, 4) is 0 Å². The molecule has 0 saturated heterocycles. The molecule has 0 saturated carbocycles. The third-order valence-corrected chi connectivity index (χ3v) is 1.84. The molecular formula is C11H15N. The van der Waals surface area contributed by atoms with Gasteiger partial charge in [0.25, 0.3) is 0 Å². The average Bonchev–Trinajstić information content (AvgIpc) is 2.15. The molecule has 0 unspecified atom stereocenters. The normalized spacial score (nSPS) is 11.7. The summed E-state index contributed by atoms with van der Waals surface area (Å²) in [4.78, 5) is 0. The van der Waals surface area contributed by atoms with E-state index in [-0.39, 0.29) is 0 Å². The van der Waals surface area contributed by atoms with Crippen molar-refractivity contribution < 1.29 is 0 Å². The summed E-state index contributed by atoms with van der Waals surface area (Å²) in [6.45, 7) is 3.06. The Morgan fingerprint density at radius 2 is 2.00 bits per heavy atom. The smallest absolute Gasteiger partial charge is 0.0137 e. The third-order valence-electron chi connectivity index (χ3n) is 1.84. The van der Waals surface area contributed by atoms with Crippen LogP contribution in [0.2, 0.25) is 0 Å². The highest BCUT2D eigenvalue weighted by atomic mass is 14.8. The van der Waals surface area contributed by atoms with E-state index in [1.165, 1.54) is 11.1 Å². The molecule has 0 bridgehead atoms. The topological polar surface area (TPSA) is 12.0 Å². The summed E-state index contributed by atoms with van der Waals surface area (Å²) >= 11 is 0. The number of hydrogen-bond acceptors (Lipinski definition) is 1. The lowest BCUT2D eigenvalue weighted by molar-refractivity contribution is 0.920. The number of rotatable bonds is 3. The minimum Gasteiger partial charge on any atom is -0.316 e. The minimum atomic E-state index is 0.931. The van der Waals surface area contributed by atoms with E-state index >= 15 is 0 Å². The summed E-state index contributed by atoms with van der Waals surface area (Å²) < 4.78 is 0. The van der Waals surface area contributed by atoms with Gasteiger partial charge in [0.15, 0.2) is 0 Å². The Morgan fingerprint density at radius 1 is 1.33 bits per heavy atom. The molecule has 0 aliphatic rings. The summed E-state index contributed by atoms with van der Waals surface area (Å²) in [5.74, 6) is 0. The molecule has 1 aromatic carbocycles. The van der Waals surface area contributed by atoms with Crippen molar-refractivity contribution in [2.24, 2.45) is 0 Å². The summed E-state index contributed by atoms with van der Waals surface area (Å²) in [5.41, 5.74) is 2.62. The van der Waals surface area contributed by atoms with E-state index < -0.39 is 0 Å². The van der Waals surface area contributed by atoms with E-state index in [9.17, 15) is 0 Å². The van der Waals surface area contributed by atoms with Gasteiger partial charge < -0.3 is 5.32 Å². The summed E-state index contributed by atoms with van der Waals surface area (Å²) in [7, 11) is 1.95. The fourth-order valence-corrected chi connectivity index (χ4v) is 1.07. The predicted octanol–water partition coefficient (Wildman–Crippen LogP) is 2.31. The van der Waals surface area contributed by atoms with Gasteiger partial charge in [0.05, 0.1) is 0 Å². The quantitative estimate of drug-likeness (QED) is 0.717. The molecule has 1 nitrogen and oxygen atoms in total. The Morgan fingerprint density at radius 3 is 2.58 bits per heavy atom. The van der Waals surface area contributed by atoms with Gasteiger partial charge in [-0.05, 0) is 25.1 Å². The molecule has 0 amide bonds. The molecular weight excluding hydrogens is 146 g/mol. The first-order valence-corrected chi connectivity index (χ1v) is 4.21. The van der Waals surface area contributed by atoms with Crippen LogP contribution in [0.1, 0.15) is 12.5 Å². The second-order valence-electron chi connectivity index (χ2n) is 2.81. The molecule has 0 radical (unpaired) electrons. The standard InChI is InChI=1S/C11H15N/c1-10(8-9-12-2)11-6-4-3-5-7-11/h3-8,12H,9H2,1-2H3. The Kier molecular flexibility index (Phi) is 3.55. The van der Waals surface area contributed by atoms with Crippen LogP contribution < -0.4 is 5.32 Å². The second-order valence-corrected chi connectivity index (χ2v) is 2.81. The monoisotopic (exact) mass is 161 g/mol. The van der Waals surface area contributed by atoms with Crippen LogP contribution in [0.3, 0.4) is 0 Å². The minimum absolute atomic E-state index is 0.931. The first kappa shape index (κ1) is 9.01. The lowest BCUT2D eigenvalue weighted by Crippen LogP contribution is -2.04. The highest BCUT2D eigenvalue weighted by Crippen LogP contribution is 2.11. The van der Waals surface area contributed by atoms with Gasteiger partial charge in [-0.2, -0.15) is 0 Å². The summed E-state index contributed by atoms with van der Waals surface area (Å²) in [5, 5.41) is 3.09. The Hall–Kier alpha value is -1.08. The van der Waals surface area contributed by atoms with Gasteiger partial charge in [0, 0.05) is 6.54 Å². The van der Waals surface area contributed by atoms with Crippen LogP contribution in [0.5, 0.6) is 0 Å². The number of hydrogen-bond donors (Lipinski definition) is 1. The van der Waals surface area contributed by atoms with Gasteiger partial charge in [0.1, 0.15) is 0 Å². The first-order chi connectivity index (χ1) is 5.84. The molecule has 0 aliphatic carbocycles. The number of nitrogens with one attached hydrogen (secondary N) is 1. The maximum Gasteiger partial charge on any atom is 0.0137 e. The molecule has 12 heavy (non-hydrogen) atoms. The predicted molar refractivity (Wildman–Crippen MR) is 54.0 cm³/mol. The molecule has 1 rings (SSSR count). The van der Waals surface area contributed by atoms with E-state index in [0.29, 0.717) is 0 Å². The average molecular weight is 161 g/mol. The molecule has 0 aromatic heterocycles. The van der Waals surface area contributed by atoms with Crippen LogP contribution in [0.15, 0.2) is 36.4 Å². The number of benzene rings is 1. The van der Waals surface area contributed by atoms with E-state index in [1.54, 1.807) is 0 Å². The van der Waals surface area contributed by atoms with Crippen molar-refractivity contribution in [3.05, 3.63) is 42.0 Å². The third kappa shape index (κ3) is 2.51. The summed E-state index contributed by atoms with van der Waals surface area (Å²) in [6, 6.07) is 10.4. The largest absolute Gasteiger partial charge is 0.316 e. The highest BCUT2D eigenvalue weighted by Gasteiger charge is 1.90. The molecule has 64 valence electrons. The Balaban J connectivity index is 2.71. The molecule has 1 heteroatoms. The zero-order valence-corrected chi connectivity index (χ0v) is 7.67. The fourth-order valence-electron chi connectivity index (χ4n) is 1.07. The highest BCUT2D eigenvalue weighted by molar-refractivity contribution is 5.63. The van der Waals surface area contributed by atoms with E-state index in [1.807, 2.05) is 13.1 Å². The van der Waals surface area contributed by atoms with Crippen LogP contribution in [0.25, 0.3) is 5.57 Å². The fraction of sp³-hybridized carbons (Fsp3) is 0.273. The van der Waals surface area contributed by atoms with Crippen molar-refractivity contribution in [2.45, 2.75) is 6.92 Å². The lowest BCUT2D eigenvalue weighted by atomic mass is 10.1. The Labute approximate surface area is 74.1 Å². The number of likely N-dealkylation sites (N-methyl/N-ethyl adjacent to an activating group) is 1. The maximum absolute atomic E-state index is 3.09. The molecule has 1 N–H and O–H groups in total. The van der Waals surface area contributed by atoms with Gasteiger partial charge >= 0.3 is 0 Å². The van der Waals surface area contributed by atoms with Crippen LogP contribution in [0.4, 0.5) is 0 Å². The van der Waals surface area contributed by atoms with Crippen molar-refractivity contribution >= 4 is 5.57 Å².